The Morgan fingerprint density at radius 1 is 0.962 bits per heavy atom. The van der Waals surface area contributed by atoms with E-state index < -0.39 is 13.4 Å². The number of hydrogen-bond donors (Lipinski definition) is 0. The maximum atomic E-state index is 13.7. The van der Waals surface area contributed by atoms with Gasteiger partial charge in [0.25, 0.3) is 0 Å². The Morgan fingerprint density at radius 3 is 2.12 bits per heavy atom. The minimum absolute atomic E-state index is 0.274. The number of aromatic nitrogens is 3. The molecule has 0 amide bonds. The molecular formula is C19H22N3O3P. The minimum Gasteiger partial charge on any atom is -0.307 e. The predicted molar refractivity (Wildman–Crippen MR) is 101 cm³/mol. The van der Waals surface area contributed by atoms with Crippen molar-refractivity contribution in [3.05, 3.63) is 72.4 Å². The molecular weight excluding hydrogens is 349 g/mol. The zero-order valence-electron chi connectivity index (χ0n) is 14.9. The van der Waals surface area contributed by atoms with Gasteiger partial charge in [0.05, 0.1) is 25.1 Å². The molecule has 0 aliphatic carbocycles. The van der Waals surface area contributed by atoms with E-state index in [1.165, 1.54) is 0 Å². The molecule has 0 bridgehead atoms. The van der Waals surface area contributed by atoms with E-state index in [9.17, 15) is 4.57 Å². The Labute approximate surface area is 153 Å². The second kappa shape index (κ2) is 8.41. The molecule has 1 unspecified atom stereocenters. The normalized spacial score (nSPS) is 12.8. The van der Waals surface area contributed by atoms with E-state index >= 15 is 0 Å². The molecule has 0 saturated heterocycles. The van der Waals surface area contributed by atoms with Gasteiger partial charge in [-0.2, -0.15) is 0 Å². The highest BCUT2D eigenvalue weighted by Gasteiger charge is 2.40. The summed E-state index contributed by atoms with van der Waals surface area (Å²) in [5.74, 6) is -0.721. The summed E-state index contributed by atoms with van der Waals surface area (Å²) in [5.41, 5.74) is 2.47. The first-order valence-corrected chi connectivity index (χ1v) is 10.2. The molecule has 1 atom stereocenters. The molecule has 26 heavy (non-hydrogen) atoms. The molecule has 7 heteroatoms. The fourth-order valence-corrected chi connectivity index (χ4v) is 4.91. The van der Waals surface area contributed by atoms with Crippen LogP contribution < -0.4 is 0 Å². The summed E-state index contributed by atoms with van der Waals surface area (Å²) < 4.78 is 26.6. The molecule has 1 aromatic heterocycles. The van der Waals surface area contributed by atoms with Crippen LogP contribution in [0.25, 0.3) is 11.3 Å². The third-order valence-electron chi connectivity index (χ3n) is 3.89. The molecule has 0 saturated carbocycles. The summed E-state index contributed by atoms with van der Waals surface area (Å²) in [4.78, 5) is 0. The Balaban J connectivity index is 2.17. The van der Waals surface area contributed by atoms with Crippen molar-refractivity contribution in [3.8, 4) is 11.3 Å². The fourth-order valence-electron chi connectivity index (χ4n) is 2.86. The average Bonchev–Trinajstić information content (AvgIpc) is 3.13. The number of hydrogen-bond acceptors (Lipinski definition) is 5. The van der Waals surface area contributed by atoms with Gasteiger partial charge in [0, 0.05) is 5.56 Å². The second-order valence-electron chi connectivity index (χ2n) is 5.59. The van der Waals surface area contributed by atoms with Gasteiger partial charge < -0.3 is 9.05 Å². The van der Waals surface area contributed by atoms with Gasteiger partial charge >= 0.3 is 7.60 Å². The summed E-state index contributed by atoms with van der Waals surface area (Å²) in [6, 6.07) is 19.2. The molecule has 0 aliphatic rings. The van der Waals surface area contributed by atoms with Crippen LogP contribution in [0.3, 0.4) is 0 Å². The number of rotatable bonds is 8. The molecule has 0 N–H and O–H groups in total. The van der Waals surface area contributed by atoms with Crippen molar-refractivity contribution in [2.75, 3.05) is 13.2 Å². The molecule has 0 spiro atoms. The SMILES string of the molecule is CCOP(=O)(OCC)C(c1ccccc1)n1nncc1-c1ccccc1. The van der Waals surface area contributed by atoms with Gasteiger partial charge in [0.2, 0.25) is 0 Å². The summed E-state index contributed by atoms with van der Waals surface area (Å²) >= 11 is 0. The van der Waals surface area contributed by atoms with E-state index in [1.807, 2.05) is 60.7 Å². The standard InChI is InChI=1S/C19H22N3O3P/c1-3-24-26(23,25-4-2)19(17-13-9-6-10-14-17)22-18(15-20-21-22)16-11-7-5-8-12-16/h5-15,19H,3-4H2,1-2H3. The van der Waals surface area contributed by atoms with E-state index in [0.717, 1.165) is 16.8 Å². The lowest BCUT2D eigenvalue weighted by atomic mass is 10.1. The molecule has 6 nitrogen and oxygen atoms in total. The molecule has 3 aromatic rings. The van der Waals surface area contributed by atoms with Gasteiger partial charge in [-0.3, -0.25) is 4.57 Å². The van der Waals surface area contributed by atoms with Gasteiger partial charge in [-0.15, -0.1) is 5.10 Å². The highest BCUT2D eigenvalue weighted by atomic mass is 31.2. The molecule has 0 aliphatic heterocycles. The molecule has 1 heterocycles. The smallest absolute Gasteiger partial charge is 0.307 e. The molecule has 136 valence electrons. The van der Waals surface area contributed by atoms with Crippen molar-refractivity contribution < 1.29 is 13.6 Å². The summed E-state index contributed by atoms with van der Waals surface area (Å²) in [6.07, 6.45) is 1.66. The first-order chi connectivity index (χ1) is 12.7. The van der Waals surface area contributed by atoms with Crippen molar-refractivity contribution >= 4 is 7.60 Å². The summed E-state index contributed by atoms with van der Waals surface area (Å²) in [6.45, 7) is 4.15. The van der Waals surface area contributed by atoms with Crippen LogP contribution in [0.15, 0.2) is 66.9 Å². The van der Waals surface area contributed by atoms with Crippen LogP contribution in [0.2, 0.25) is 0 Å². The summed E-state index contributed by atoms with van der Waals surface area (Å²) in [5, 5.41) is 8.29. The molecule has 0 fully saturated rings. The van der Waals surface area contributed by atoms with Crippen molar-refractivity contribution in [3.63, 3.8) is 0 Å². The monoisotopic (exact) mass is 371 g/mol. The average molecular weight is 371 g/mol. The highest BCUT2D eigenvalue weighted by molar-refractivity contribution is 7.54. The van der Waals surface area contributed by atoms with Crippen LogP contribution >= 0.6 is 7.60 Å². The van der Waals surface area contributed by atoms with Crippen molar-refractivity contribution in [2.45, 2.75) is 19.6 Å². The maximum Gasteiger partial charge on any atom is 0.359 e. The number of nitrogens with zero attached hydrogens (tertiary/aromatic N) is 3. The van der Waals surface area contributed by atoms with E-state index in [2.05, 4.69) is 10.3 Å². The Kier molecular flexibility index (Phi) is 5.99. The van der Waals surface area contributed by atoms with E-state index in [-0.39, 0.29) is 13.2 Å². The second-order valence-corrected chi connectivity index (χ2v) is 7.67. The first-order valence-electron chi connectivity index (χ1n) is 8.59. The summed E-state index contributed by atoms with van der Waals surface area (Å²) in [7, 11) is -3.53. The van der Waals surface area contributed by atoms with Gasteiger partial charge in [0.1, 0.15) is 0 Å². The van der Waals surface area contributed by atoms with Crippen LogP contribution in [0.4, 0.5) is 0 Å². The zero-order chi connectivity index (χ0) is 18.4. The quantitative estimate of drug-likeness (QED) is 0.534. The van der Waals surface area contributed by atoms with Gasteiger partial charge in [0.15, 0.2) is 5.78 Å². The fraction of sp³-hybridized carbons (Fsp3) is 0.263. The van der Waals surface area contributed by atoms with E-state index in [4.69, 9.17) is 9.05 Å². The van der Waals surface area contributed by atoms with Crippen LogP contribution in [0.5, 0.6) is 0 Å². The Bertz CT molecular complexity index is 858. The van der Waals surface area contributed by atoms with Crippen LogP contribution in [0, 0.1) is 0 Å². The zero-order valence-corrected chi connectivity index (χ0v) is 15.8. The third kappa shape index (κ3) is 3.78. The van der Waals surface area contributed by atoms with Crippen molar-refractivity contribution in [1.29, 1.82) is 0 Å². The van der Waals surface area contributed by atoms with Crippen molar-refractivity contribution in [1.82, 2.24) is 15.0 Å². The highest BCUT2D eigenvalue weighted by Crippen LogP contribution is 2.61. The molecule has 2 aromatic carbocycles. The maximum absolute atomic E-state index is 13.7. The first kappa shape index (κ1) is 18.5. The Hall–Kier alpha value is -2.27. The minimum atomic E-state index is -3.53. The lowest BCUT2D eigenvalue weighted by Gasteiger charge is -2.27. The van der Waals surface area contributed by atoms with Crippen LogP contribution in [-0.4, -0.2) is 28.2 Å². The largest absolute Gasteiger partial charge is 0.359 e. The lowest BCUT2D eigenvalue weighted by molar-refractivity contribution is 0.206. The van der Waals surface area contributed by atoms with Gasteiger partial charge in [-0.05, 0) is 19.4 Å². The van der Waals surface area contributed by atoms with Gasteiger partial charge in [-0.25, -0.2) is 4.68 Å². The predicted octanol–water partition coefficient (Wildman–Crippen LogP) is 4.76. The van der Waals surface area contributed by atoms with E-state index in [1.54, 1.807) is 24.7 Å². The molecule has 3 rings (SSSR count). The third-order valence-corrected chi connectivity index (χ3v) is 6.24. The van der Waals surface area contributed by atoms with Gasteiger partial charge in [-0.1, -0.05) is 65.9 Å². The Morgan fingerprint density at radius 2 is 1.54 bits per heavy atom. The topological polar surface area (TPSA) is 66.2 Å². The van der Waals surface area contributed by atoms with Crippen LogP contribution in [-0.2, 0) is 13.6 Å². The molecule has 0 radical (unpaired) electrons. The van der Waals surface area contributed by atoms with Crippen molar-refractivity contribution in [2.24, 2.45) is 0 Å². The lowest BCUT2D eigenvalue weighted by Crippen LogP contribution is -2.17. The number of benzene rings is 2. The van der Waals surface area contributed by atoms with Crippen LogP contribution in [0.1, 0.15) is 25.2 Å². The van der Waals surface area contributed by atoms with E-state index in [0.29, 0.717) is 0 Å².